The maximum Gasteiger partial charge on any atom is 0.224 e. The van der Waals surface area contributed by atoms with Crippen molar-refractivity contribution in [3.63, 3.8) is 0 Å². The van der Waals surface area contributed by atoms with Crippen molar-refractivity contribution in [2.45, 2.75) is 50.2 Å². The van der Waals surface area contributed by atoms with E-state index in [1.54, 1.807) is 7.11 Å². The van der Waals surface area contributed by atoms with Crippen molar-refractivity contribution >= 4 is 5.91 Å². The van der Waals surface area contributed by atoms with Crippen molar-refractivity contribution in [3.05, 3.63) is 0 Å². The van der Waals surface area contributed by atoms with Crippen molar-refractivity contribution in [2.75, 3.05) is 20.8 Å². The van der Waals surface area contributed by atoms with Gasteiger partial charge in [-0.2, -0.15) is 0 Å². The summed E-state index contributed by atoms with van der Waals surface area (Å²) >= 11 is 0. The van der Waals surface area contributed by atoms with Crippen LogP contribution in [-0.4, -0.2) is 49.7 Å². The molecule has 2 saturated heterocycles. The summed E-state index contributed by atoms with van der Waals surface area (Å²) < 4.78 is 4.94. The molecule has 16 heavy (non-hydrogen) atoms. The third-order valence-corrected chi connectivity index (χ3v) is 3.91. The van der Waals surface area contributed by atoms with Gasteiger partial charge in [-0.3, -0.25) is 4.79 Å². The number of ether oxygens (including phenoxy) is 1. The predicted octanol–water partition coefficient (Wildman–Crippen LogP) is 0.764. The smallest absolute Gasteiger partial charge is 0.224 e. The lowest BCUT2D eigenvalue weighted by molar-refractivity contribution is -0.133. The Labute approximate surface area is 97.3 Å². The van der Waals surface area contributed by atoms with Crippen molar-refractivity contribution in [1.82, 2.24) is 10.2 Å². The number of piperidine rings is 1. The van der Waals surface area contributed by atoms with Crippen molar-refractivity contribution < 1.29 is 9.53 Å². The first-order valence-corrected chi connectivity index (χ1v) is 6.21. The van der Waals surface area contributed by atoms with Crippen LogP contribution in [0.25, 0.3) is 0 Å². The van der Waals surface area contributed by atoms with Gasteiger partial charge in [0.2, 0.25) is 5.91 Å². The summed E-state index contributed by atoms with van der Waals surface area (Å²) in [4.78, 5) is 13.8. The van der Waals surface area contributed by atoms with E-state index in [2.05, 4.69) is 5.32 Å². The van der Waals surface area contributed by atoms with Crippen molar-refractivity contribution in [1.29, 1.82) is 0 Å². The molecular weight excluding hydrogens is 204 g/mol. The van der Waals surface area contributed by atoms with Crippen LogP contribution in [0.5, 0.6) is 0 Å². The largest absolute Gasteiger partial charge is 0.384 e. The molecule has 0 radical (unpaired) electrons. The van der Waals surface area contributed by atoms with Crippen LogP contribution in [0.1, 0.15) is 32.1 Å². The Bertz CT molecular complexity index is 245. The molecule has 0 aromatic heterocycles. The molecule has 2 aliphatic heterocycles. The molecule has 2 fully saturated rings. The number of nitrogens with zero attached hydrogens (tertiary/aromatic N) is 1. The fraction of sp³-hybridized carbons (Fsp3) is 0.917. The molecule has 0 aromatic rings. The van der Waals surface area contributed by atoms with Crippen molar-refractivity contribution in [2.24, 2.45) is 0 Å². The first kappa shape index (κ1) is 11.9. The monoisotopic (exact) mass is 226 g/mol. The van der Waals surface area contributed by atoms with Crippen LogP contribution in [-0.2, 0) is 9.53 Å². The summed E-state index contributed by atoms with van der Waals surface area (Å²) in [6.07, 6.45) is 5.30. The van der Waals surface area contributed by atoms with E-state index < -0.39 is 0 Å². The Morgan fingerprint density at radius 1 is 1.38 bits per heavy atom. The van der Waals surface area contributed by atoms with Gasteiger partial charge >= 0.3 is 0 Å². The highest BCUT2D eigenvalue weighted by atomic mass is 16.5. The van der Waals surface area contributed by atoms with E-state index in [1.165, 1.54) is 12.8 Å². The van der Waals surface area contributed by atoms with E-state index in [0.29, 0.717) is 31.2 Å². The summed E-state index contributed by atoms with van der Waals surface area (Å²) in [5.74, 6) is 0.216. The van der Waals surface area contributed by atoms with Crippen LogP contribution in [0, 0.1) is 0 Å². The number of hydrogen-bond acceptors (Lipinski definition) is 3. The number of fused-ring (bicyclic) bond motifs is 2. The molecule has 4 heteroatoms. The average molecular weight is 226 g/mol. The van der Waals surface area contributed by atoms with Gasteiger partial charge in [0, 0.05) is 32.3 Å². The topological polar surface area (TPSA) is 41.6 Å². The van der Waals surface area contributed by atoms with Gasteiger partial charge < -0.3 is 15.0 Å². The van der Waals surface area contributed by atoms with Crippen LogP contribution in [0.15, 0.2) is 0 Å². The second-order valence-electron chi connectivity index (χ2n) is 5.01. The molecule has 2 rings (SSSR count). The number of amides is 1. The quantitative estimate of drug-likeness (QED) is 0.769. The number of carbonyl (C=O) groups is 1. The van der Waals surface area contributed by atoms with E-state index in [-0.39, 0.29) is 5.91 Å². The zero-order valence-electron chi connectivity index (χ0n) is 10.2. The maximum absolute atomic E-state index is 11.9. The lowest BCUT2D eigenvalue weighted by atomic mass is 9.98. The number of nitrogens with one attached hydrogen (secondary N) is 1. The Kier molecular flexibility index (Phi) is 3.82. The third-order valence-electron chi connectivity index (χ3n) is 3.91. The number of carbonyl (C=O) groups excluding carboxylic acids is 1. The second kappa shape index (κ2) is 5.15. The molecule has 2 aliphatic rings. The first-order chi connectivity index (χ1) is 7.70. The van der Waals surface area contributed by atoms with E-state index >= 15 is 0 Å². The van der Waals surface area contributed by atoms with Gasteiger partial charge in [-0.25, -0.2) is 0 Å². The maximum atomic E-state index is 11.9. The predicted molar refractivity (Wildman–Crippen MR) is 62.2 cm³/mol. The molecule has 0 spiro atoms. The van der Waals surface area contributed by atoms with Crippen LogP contribution in [0.4, 0.5) is 0 Å². The fourth-order valence-corrected chi connectivity index (χ4v) is 2.91. The van der Waals surface area contributed by atoms with Crippen LogP contribution in [0.2, 0.25) is 0 Å². The molecule has 1 N–H and O–H groups in total. The SMILES string of the molecule is COCCC(=O)N(C)C1CC2CCC(C1)N2. The summed E-state index contributed by atoms with van der Waals surface area (Å²) in [6.45, 7) is 0.529. The number of rotatable bonds is 4. The third kappa shape index (κ3) is 2.55. The molecule has 2 heterocycles. The average Bonchev–Trinajstić information content (AvgIpc) is 2.64. The van der Waals surface area contributed by atoms with Gasteiger partial charge in [0.15, 0.2) is 0 Å². The molecule has 0 aliphatic carbocycles. The molecule has 2 bridgehead atoms. The van der Waals surface area contributed by atoms with E-state index in [0.717, 1.165) is 12.8 Å². The van der Waals surface area contributed by atoms with Crippen molar-refractivity contribution in [3.8, 4) is 0 Å². The number of hydrogen-bond donors (Lipinski definition) is 1. The minimum absolute atomic E-state index is 0.216. The van der Waals surface area contributed by atoms with Gasteiger partial charge in [0.05, 0.1) is 13.0 Å². The molecule has 92 valence electrons. The fourth-order valence-electron chi connectivity index (χ4n) is 2.91. The highest BCUT2D eigenvalue weighted by Crippen LogP contribution is 2.29. The second-order valence-corrected chi connectivity index (χ2v) is 5.01. The highest BCUT2D eigenvalue weighted by molar-refractivity contribution is 5.76. The van der Waals surface area contributed by atoms with Gasteiger partial charge in [-0.1, -0.05) is 0 Å². The van der Waals surface area contributed by atoms with E-state index in [1.807, 2.05) is 11.9 Å². The lowest BCUT2D eigenvalue weighted by Gasteiger charge is -2.35. The summed E-state index contributed by atoms with van der Waals surface area (Å²) in [5, 5.41) is 3.59. The molecule has 0 saturated carbocycles. The summed E-state index contributed by atoms with van der Waals surface area (Å²) in [5.41, 5.74) is 0. The standard InChI is InChI=1S/C12H22N2O2/c1-14(12(15)5-6-16-2)11-7-9-3-4-10(8-11)13-9/h9-11,13H,3-8H2,1-2H3. The lowest BCUT2D eigenvalue weighted by Crippen LogP contribution is -2.48. The van der Waals surface area contributed by atoms with E-state index in [9.17, 15) is 4.79 Å². The highest BCUT2D eigenvalue weighted by Gasteiger charge is 2.36. The van der Waals surface area contributed by atoms with Gasteiger partial charge in [-0.05, 0) is 25.7 Å². The summed E-state index contributed by atoms with van der Waals surface area (Å²) in [7, 11) is 3.57. The van der Waals surface area contributed by atoms with Crippen LogP contribution < -0.4 is 5.32 Å². The van der Waals surface area contributed by atoms with Crippen LogP contribution in [0.3, 0.4) is 0 Å². The van der Waals surface area contributed by atoms with Gasteiger partial charge in [0.25, 0.3) is 0 Å². The summed E-state index contributed by atoms with van der Waals surface area (Å²) in [6, 6.07) is 1.71. The molecule has 4 nitrogen and oxygen atoms in total. The Morgan fingerprint density at radius 3 is 2.56 bits per heavy atom. The minimum Gasteiger partial charge on any atom is -0.384 e. The molecule has 2 atom stereocenters. The normalized spacial score (nSPS) is 32.8. The molecule has 0 aromatic carbocycles. The van der Waals surface area contributed by atoms with Gasteiger partial charge in [0.1, 0.15) is 0 Å². The van der Waals surface area contributed by atoms with Gasteiger partial charge in [-0.15, -0.1) is 0 Å². The molecule has 2 unspecified atom stereocenters. The van der Waals surface area contributed by atoms with E-state index in [4.69, 9.17) is 4.74 Å². The molecular formula is C12H22N2O2. The first-order valence-electron chi connectivity index (χ1n) is 6.21. The Balaban J connectivity index is 1.84. The molecule has 1 amide bonds. The Hall–Kier alpha value is -0.610. The zero-order valence-corrected chi connectivity index (χ0v) is 10.2. The number of methoxy groups -OCH3 is 1. The van der Waals surface area contributed by atoms with Crippen LogP contribution >= 0.6 is 0 Å². The Morgan fingerprint density at radius 2 is 2.00 bits per heavy atom. The minimum atomic E-state index is 0.216. The zero-order chi connectivity index (χ0) is 11.5.